The second kappa shape index (κ2) is 21.1. The summed E-state index contributed by atoms with van der Waals surface area (Å²) in [5.41, 5.74) is 5.93. The Balaban J connectivity index is 0.000000275. The Bertz CT molecular complexity index is 1780. The molecule has 2 aliphatic heterocycles. The zero-order valence-corrected chi connectivity index (χ0v) is 36.4. The molecule has 0 unspecified atom stereocenters. The van der Waals surface area contributed by atoms with Crippen LogP contribution in [0.15, 0.2) is 34.6 Å². The quantitative estimate of drug-likeness (QED) is 0.0318. The summed E-state index contributed by atoms with van der Waals surface area (Å²) in [6, 6.07) is -0.749. The van der Waals surface area contributed by atoms with E-state index in [1.165, 1.54) is 23.5 Å². The van der Waals surface area contributed by atoms with E-state index in [9.17, 15) is 20.3 Å². The Kier molecular flexibility index (Phi) is 18.1. The molecule has 4 heterocycles. The van der Waals surface area contributed by atoms with Crippen LogP contribution < -0.4 is 16.4 Å². The first-order valence-electron chi connectivity index (χ1n) is 17.7. The van der Waals surface area contributed by atoms with Crippen LogP contribution in [0.2, 0.25) is 10.3 Å². The molecule has 8 atom stereocenters. The summed E-state index contributed by atoms with van der Waals surface area (Å²) in [7, 11) is 0. The van der Waals surface area contributed by atoms with Gasteiger partial charge in [-0.05, 0) is 40.5 Å². The first kappa shape index (κ1) is 48.8. The van der Waals surface area contributed by atoms with Gasteiger partial charge in [0, 0.05) is 35.5 Å². The smallest absolute Gasteiger partial charge is 0.348 e. The number of nitro groups is 1. The Morgan fingerprint density at radius 1 is 0.807 bits per heavy atom. The molecule has 2 aliphatic carbocycles. The van der Waals surface area contributed by atoms with Crippen LogP contribution >= 0.6 is 46.7 Å². The van der Waals surface area contributed by atoms with Crippen LogP contribution in [0.1, 0.15) is 61.3 Å². The predicted molar refractivity (Wildman–Crippen MR) is 213 cm³/mol. The molecule has 2 fully saturated rings. The number of aromatic nitrogens is 4. The van der Waals surface area contributed by atoms with Crippen molar-refractivity contribution in [2.75, 3.05) is 27.9 Å². The van der Waals surface area contributed by atoms with Crippen molar-refractivity contribution in [2.24, 2.45) is 0 Å². The number of anilines is 3. The number of hydrogen-bond acceptors (Lipinski definition) is 18. The van der Waals surface area contributed by atoms with Gasteiger partial charge in [0.1, 0.15) is 42.3 Å². The Labute approximate surface area is 359 Å². The molecule has 18 nitrogen and oxygen atoms in total. The molecule has 0 bridgehead atoms. The fraction of sp³-hybridized carbons (Fsp3) is 0.618. The Morgan fingerprint density at radius 3 is 1.61 bits per heavy atom. The van der Waals surface area contributed by atoms with Crippen molar-refractivity contribution in [3.63, 3.8) is 0 Å². The molecule has 0 aromatic carbocycles. The average Bonchev–Trinajstić information content (AvgIpc) is 3.62. The second-order valence-electron chi connectivity index (χ2n) is 13.7. The van der Waals surface area contributed by atoms with E-state index in [0.29, 0.717) is 16.1 Å². The van der Waals surface area contributed by atoms with Crippen molar-refractivity contribution < 1.29 is 61.1 Å². The van der Waals surface area contributed by atoms with Gasteiger partial charge in [-0.15, -0.1) is 0 Å². The van der Waals surface area contributed by atoms with E-state index in [1.807, 2.05) is 26.8 Å². The number of fused-ring (bicyclic) bond motifs is 2. The molecule has 4 aliphatic rings. The van der Waals surface area contributed by atoms with E-state index < -0.39 is 64.7 Å². The molecule has 0 amide bonds. The SMILES string of the molecule is CC(=O)O.CCCSc1nc(Cl)c(N)c(N[C@@H]2C=C[C@H](O)[C@H]3OC(C)(C)O[C@H]32)n1.CCCSc1nc(Cl)c([N+](=O)[O-])c(N[C@@H]2C=C[C@H](O)[C@H]3OC(C)(C)O[C@H]32)n1.[Fe]. The van der Waals surface area contributed by atoms with Crippen LogP contribution in [-0.4, -0.2) is 118 Å². The fourth-order valence-electron chi connectivity index (χ4n) is 5.92. The third kappa shape index (κ3) is 13.2. The van der Waals surface area contributed by atoms with Crippen molar-refractivity contribution in [1.82, 2.24) is 19.9 Å². The van der Waals surface area contributed by atoms with Gasteiger partial charge in [0.05, 0.1) is 17.0 Å². The molecule has 23 heteroatoms. The largest absolute Gasteiger partial charge is 0.481 e. The number of aliphatic hydroxyl groups is 2. The Hall–Kier alpha value is -2.53. The molecule has 2 saturated heterocycles. The number of ether oxygens (including phenoxy) is 4. The van der Waals surface area contributed by atoms with Gasteiger partial charge in [0.25, 0.3) is 5.97 Å². The zero-order chi connectivity index (χ0) is 41.5. The number of aliphatic carboxylic acids is 1. The number of nitrogen functional groups attached to an aromatic ring is 1. The van der Waals surface area contributed by atoms with E-state index in [-0.39, 0.29) is 51.0 Å². The fourth-order valence-corrected chi connectivity index (χ4v) is 7.82. The van der Waals surface area contributed by atoms with Crippen LogP contribution in [-0.2, 0) is 40.8 Å². The standard InChI is InChI=1S/C16H21ClN4O5S.C16H23ClN4O3S.C2H4O2.Fe/c1-4-7-27-15-19-13(17)10(21(23)24)14(20-15)18-8-5-6-9(22)12-11(8)25-16(2,3)26-12;1-4-7-25-15-20-13(17)10(18)14(21-15)19-8-5-6-9(22)12-11(8)23-16(2,3)24-12;1-2(3)4;/h5-6,8-9,11-12,22H,4,7H2,1-3H3,(H,18,19,20);5-6,8-9,11-12,22H,4,7,18H2,1-3H3,(H,19,20,21);1H3,(H,3,4);/t2*8-,9+,11+,12-;;/m11../s1. The van der Waals surface area contributed by atoms with Crippen molar-refractivity contribution in [1.29, 1.82) is 0 Å². The maximum absolute atomic E-state index is 11.5. The first-order chi connectivity index (χ1) is 26.3. The van der Waals surface area contributed by atoms with Gasteiger partial charge in [-0.25, -0.2) is 15.0 Å². The average molecular weight is 920 g/mol. The Morgan fingerprint density at radius 2 is 1.19 bits per heavy atom. The van der Waals surface area contributed by atoms with E-state index in [1.54, 1.807) is 32.1 Å². The summed E-state index contributed by atoms with van der Waals surface area (Å²) >= 11 is 15.1. The molecule has 2 aromatic rings. The number of aliphatic hydroxyl groups excluding tert-OH is 2. The molecule has 0 saturated carbocycles. The van der Waals surface area contributed by atoms with Crippen LogP contribution in [0.5, 0.6) is 0 Å². The number of carboxylic acid groups (broad SMARTS) is 1. The van der Waals surface area contributed by atoms with E-state index in [2.05, 4.69) is 37.5 Å². The first-order valence-corrected chi connectivity index (χ1v) is 20.5. The topological polar surface area (TPSA) is 259 Å². The van der Waals surface area contributed by atoms with Gasteiger partial charge < -0.3 is 50.6 Å². The summed E-state index contributed by atoms with van der Waals surface area (Å²) in [6.07, 6.45) is 5.21. The third-order valence-corrected chi connectivity index (χ3v) is 10.8. The number of nitrogens with two attached hydrogens (primary N) is 1. The van der Waals surface area contributed by atoms with Crippen LogP contribution in [0.3, 0.4) is 0 Å². The minimum Gasteiger partial charge on any atom is -0.481 e. The van der Waals surface area contributed by atoms with Crippen LogP contribution in [0.4, 0.5) is 23.0 Å². The molecule has 0 radical (unpaired) electrons. The number of rotatable bonds is 11. The number of nitrogens with zero attached hydrogens (tertiary/aromatic N) is 5. The van der Waals surface area contributed by atoms with Crippen molar-refractivity contribution in [3.8, 4) is 0 Å². The monoisotopic (exact) mass is 918 g/mol. The van der Waals surface area contributed by atoms with Crippen LogP contribution in [0, 0.1) is 10.1 Å². The maximum Gasteiger partial charge on any atom is 0.348 e. The molecule has 6 rings (SSSR count). The van der Waals surface area contributed by atoms with Crippen LogP contribution in [0.25, 0.3) is 0 Å². The summed E-state index contributed by atoms with van der Waals surface area (Å²) in [6.45, 7) is 12.3. The minimum absolute atomic E-state index is 0. The van der Waals surface area contributed by atoms with Gasteiger partial charge in [0.2, 0.25) is 11.0 Å². The van der Waals surface area contributed by atoms with Gasteiger partial charge in [-0.1, -0.05) is 84.9 Å². The number of hydrogen-bond donors (Lipinski definition) is 6. The van der Waals surface area contributed by atoms with E-state index in [0.717, 1.165) is 31.3 Å². The third-order valence-electron chi connectivity index (χ3n) is 8.10. The number of carbonyl (C=O) groups is 1. The predicted octanol–water partition coefficient (Wildman–Crippen LogP) is 5.31. The molecular formula is C34H48Cl2FeN8O10S2. The molecule has 7 N–H and O–H groups in total. The molecular weight excluding hydrogens is 871 g/mol. The van der Waals surface area contributed by atoms with Gasteiger partial charge in [0.15, 0.2) is 32.9 Å². The minimum atomic E-state index is -0.875. The molecule has 2 aromatic heterocycles. The number of nitrogens with one attached hydrogen (secondary N) is 2. The summed E-state index contributed by atoms with van der Waals surface area (Å²) < 4.78 is 23.4. The molecule has 57 heavy (non-hydrogen) atoms. The molecule has 318 valence electrons. The number of thioether (sulfide) groups is 2. The second-order valence-corrected chi connectivity index (χ2v) is 16.6. The number of halogens is 2. The maximum atomic E-state index is 11.5. The van der Waals surface area contributed by atoms with E-state index in [4.69, 9.17) is 57.8 Å². The van der Waals surface area contributed by atoms with Gasteiger partial charge in [-0.3, -0.25) is 14.9 Å². The van der Waals surface area contributed by atoms with Crippen molar-refractivity contribution >= 4 is 75.7 Å². The normalized spacial score (nSPS) is 27.4. The number of carboxylic acids is 1. The van der Waals surface area contributed by atoms with Gasteiger partial charge >= 0.3 is 5.69 Å². The zero-order valence-electron chi connectivity index (χ0n) is 32.2. The van der Waals surface area contributed by atoms with Crippen molar-refractivity contribution in [2.45, 2.75) is 132 Å². The van der Waals surface area contributed by atoms with Gasteiger partial charge in [-0.2, -0.15) is 4.98 Å². The van der Waals surface area contributed by atoms with Crippen molar-refractivity contribution in [3.05, 3.63) is 44.7 Å². The van der Waals surface area contributed by atoms with E-state index >= 15 is 0 Å². The molecule has 0 spiro atoms. The summed E-state index contributed by atoms with van der Waals surface area (Å²) in [4.78, 5) is 36.8. The summed E-state index contributed by atoms with van der Waals surface area (Å²) in [5.74, 6) is -0.350. The summed E-state index contributed by atoms with van der Waals surface area (Å²) in [5, 5.41) is 46.4.